The fourth-order valence-corrected chi connectivity index (χ4v) is 3.18. The molecule has 25 heavy (non-hydrogen) atoms. The van der Waals surface area contributed by atoms with Crippen LogP contribution in [0.2, 0.25) is 0 Å². The molecule has 0 heterocycles. The summed E-state index contributed by atoms with van der Waals surface area (Å²) in [5, 5.41) is 0. The number of esters is 1. The molecule has 0 aliphatic rings. The highest BCUT2D eigenvalue weighted by Crippen LogP contribution is 2.14. The van der Waals surface area contributed by atoms with E-state index in [9.17, 15) is 4.79 Å². The van der Waals surface area contributed by atoms with Crippen LogP contribution in [0.5, 0.6) is 0 Å². The maximum atomic E-state index is 11.3. The third-order valence-corrected chi connectivity index (χ3v) is 4.92. The number of ether oxygens (including phenoxy) is 1. The number of carbonyl (C=O) groups is 1. The van der Waals surface area contributed by atoms with Crippen LogP contribution < -0.4 is 0 Å². The molecule has 0 aromatic rings. The second kappa shape index (κ2) is 19.8. The summed E-state index contributed by atoms with van der Waals surface area (Å²) in [5.41, 5.74) is 0. The van der Waals surface area contributed by atoms with E-state index in [4.69, 9.17) is 4.74 Å². The van der Waals surface area contributed by atoms with E-state index in [0.29, 0.717) is 13.0 Å². The minimum Gasteiger partial charge on any atom is -0.466 e. The van der Waals surface area contributed by atoms with Crippen molar-refractivity contribution < 1.29 is 9.53 Å². The van der Waals surface area contributed by atoms with E-state index in [1.807, 2.05) is 0 Å². The van der Waals surface area contributed by atoms with Crippen molar-refractivity contribution >= 4 is 5.97 Å². The van der Waals surface area contributed by atoms with Gasteiger partial charge in [0.1, 0.15) is 0 Å². The Morgan fingerprint density at radius 1 is 0.680 bits per heavy atom. The fraction of sp³-hybridized carbons (Fsp3) is 0.957. The number of unbranched alkanes of at least 4 members (excludes halogenated alkanes) is 13. The molecule has 150 valence electrons. The van der Waals surface area contributed by atoms with Crippen molar-refractivity contribution in [2.45, 2.75) is 130 Å². The van der Waals surface area contributed by atoms with Crippen LogP contribution in [0.4, 0.5) is 0 Å². The van der Waals surface area contributed by atoms with Crippen LogP contribution in [-0.4, -0.2) is 12.6 Å². The zero-order valence-corrected chi connectivity index (χ0v) is 17.6. The van der Waals surface area contributed by atoms with Gasteiger partial charge >= 0.3 is 5.97 Å². The predicted octanol–water partition coefficient (Wildman–Crippen LogP) is 7.84. The first-order valence-corrected chi connectivity index (χ1v) is 11.3. The SMILES string of the molecule is CCCCC(=O)OCCCCCCCCCCCCCCCC(C)C. The van der Waals surface area contributed by atoms with Crippen LogP contribution in [0, 0.1) is 5.92 Å². The molecule has 2 nitrogen and oxygen atoms in total. The van der Waals surface area contributed by atoms with E-state index in [1.165, 1.54) is 83.5 Å². The molecule has 2 heteroatoms. The Morgan fingerprint density at radius 3 is 1.56 bits per heavy atom. The largest absolute Gasteiger partial charge is 0.466 e. The highest BCUT2D eigenvalue weighted by molar-refractivity contribution is 5.69. The summed E-state index contributed by atoms with van der Waals surface area (Å²) in [5.74, 6) is 0.864. The van der Waals surface area contributed by atoms with Gasteiger partial charge in [0, 0.05) is 6.42 Å². The highest BCUT2D eigenvalue weighted by Gasteiger charge is 2.01. The Bertz CT molecular complexity index is 273. The topological polar surface area (TPSA) is 26.3 Å². The van der Waals surface area contributed by atoms with Crippen molar-refractivity contribution in [1.82, 2.24) is 0 Å². The predicted molar refractivity (Wildman–Crippen MR) is 110 cm³/mol. The Morgan fingerprint density at radius 2 is 1.12 bits per heavy atom. The third-order valence-electron chi connectivity index (χ3n) is 4.92. The molecule has 0 atom stereocenters. The van der Waals surface area contributed by atoms with Crippen molar-refractivity contribution in [1.29, 1.82) is 0 Å². The first kappa shape index (κ1) is 24.5. The van der Waals surface area contributed by atoms with Crippen LogP contribution in [0.1, 0.15) is 130 Å². The van der Waals surface area contributed by atoms with Gasteiger partial charge in [-0.2, -0.15) is 0 Å². The average Bonchev–Trinajstić information content (AvgIpc) is 2.59. The summed E-state index contributed by atoms with van der Waals surface area (Å²) in [7, 11) is 0. The number of carbonyl (C=O) groups excluding carboxylic acids is 1. The van der Waals surface area contributed by atoms with Gasteiger partial charge in [-0.15, -0.1) is 0 Å². The van der Waals surface area contributed by atoms with E-state index in [0.717, 1.165) is 25.2 Å². The Hall–Kier alpha value is -0.530. The maximum Gasteiger partial charge on any atom is 0.305 e. The van der Waals surface area contributed by atoms with E-state index >= 15 is 0 Å². The monoisotopic (exact) mass is 354 g/mol. The molecule has 0 aromatic heterocycles. The molecule has 0 spiro atoms. The van der Waals surface area contributed by atoms with Crippen molar-refractivity contribution in [3.8, 4) is 0 Å². The molecule has 0 aliphatic carbocycles. The van der Waals surface area contributed by atoms with Crippen molar-refractivity contribution in [2.24, 2.45) is 5.92 Å². The van der Waals surface area contributed by atoms with Crippen molar-refractivity contribution in [2.75, 3.05) is 6.61 Å². The molecule has 0 bridgehead atoms. The number of hydrogen-bond donors (Lipinski definition) is 0. The second-order valence-electron chi connectivity index (χ2n) is 8.10. The molecule has 0 saturated carbocycles. The quantitative estimate of drug-likeness (QED) is 0.174. The minimum absolute atomic E-state index is 0.0122. The normalized spacial score (nSPS) is 11.2. The standard InChI is InChI=1S/C23H46O2/c1-4-5-20-23(24)25-21-18-16-14-12-10-8-6-7-9-11-13-15-17-19-22(2)3/h22H,4-21H2,1-3H3. The lowest BCUT2D eigenvalue weighted by Gasteiger charge is -2.05. The van der Waals surface area contributed by atoms with E-state index in [2.05, 4.69) is 20.8 Å². The summed E-state index contributed by atoms with van der Waals surface area (Å²) >= 11 is 0. The molecule has 0 fully saturated rings. The summed E-state index contributed by atoms with van der Waals surface area (Å²) in [6.07, 6.45) is 21.7. The lowest BCUT2D eigenvalue weighted by atomic mass is 10.0. The molecule has 0 amide bonds. The van der Waals surface area contributed by atoms with E-state index < -0.39 is 0 Å². The van der Waals surface area contributed by atoms with Gasteiger partial charge in [0.2, 0.25) is 0 Å². The maximum absolute atomic E-state index is 11.3. The molecule has 0 aromatic carbocycles. The Balaban J connectivity index is 3.06. The van der Waals surface area contributed by atoms with Crippen molar-refractivity contribution in [3.63, 3.8) is 0 Å². The van der Waals surface area contributed by atoms with Crippen molar-refractivity contribution in [3.05, 3.63) is 0 Å². The zero-order chi connectivity index (χ0) is 18.6. The van der Waals surface area contributed by atoms with Crippen LogP contribution in [0.15, 0.2) is 0 Å². The summed E-state index contributed by atoms with van der Waals surface area (Å²) in [4.78, 5) is 11.3. The van der Waals surface area contributed by atoms with Crippen LogP contribution in [0.25, 0.3) is 0 Å². The average molecular weight is 355 g/mol. The van der Waals surface area contributed by atoms with Gasteiger partial charge in [0.05, 0.1) is 6.61 Å². The molecular formula is C23H46O2. The van der Waals surface area contributed by atoms with Gasteiger partial charge in [-0.3, -0.25) is 4.79 Å². The number of rotatable bonds is 19. The van der Waals surface area contributed by atoms with Gasteiger partial charge < -0.3 is 4.74 Å². The minimum atomic E-state index is -0.0122. The zero-order valence-electron chi connectivity index (χ0n) is 17.6. The lowest BCUT2D eigenvalue weighted by Crippen LogP contribution is -2.05. The lowest BCUT2D eigenvalue weighted by molar-refractivity contribution is -0.143. The molecular weight excluding hydrogens is 308 g/mol. The van der Waals surface area contributed by atoms with Gasteiger partial charge in [0.25, 0.3) is 0 Å². The van der Waals surface area contributed by atoms with Gasteiger partial charge in [-0.25, -0.2) is 0 Å². The fourth-order valence-electron chi connectivity index (χ4n) is 3.18. The molecule has 0 radical (unpaired) electrons. The molecule has 0 unspecified atom stereocenters. The summed E-state index contributed by atoms with van der Waals surface area (Å²) in [6, 6.07) is 0. The van der Waals surface area contributed by atoms with Gasteiger partial charge in [-0.1, -0.05) is 111 Å². The third kappa shape index (κ3) is 21.4. The van der Waals surface area contributed by atoms with E-state index in [-0.39, 0.29) is 5.97 Å². The second-order valence-corrected chi connectivity index (χ2v) is 8.10. The highest BCUT2D eigenvalue weighted by atomic mass is 16.5. The van der Waals surface area contributed by atoms with Gasteiger partial charge in [-0.05, 0) is 18.8 Å². The first-order valence-electron chi connectivity index (χ1n) is 11.3. The van der Waals surface area contributed by atoms with Crippen LogP contribution in [-0.2, 0) is 9.53 Å². The molecule has 0 N–H and O–H groups in total. The van der Waals surface area contributed by atoms with E-state index in [1.54, 1.807) is 0 Å². The first-order chi connectivity index (χ1) is 12.2. The smallest absolute Gasteiger partial charge is 0.305 e. The van der Waals surface area contributed by atoms with Crippen LogP contribution >= 0.6 is 0 Å². The van der Waals surface area contributed by atoms with Gasteiger partial charge in [0.15, 0.2) is 0 Å². The summed E-state index contributed by atoms with van der Waals surface area (Å²) in [6.45, 7) is 7.37. The summed E-state index contributed by atoms with van der Waals surface area (Å²) < 4.78 is 5.22. The molecule has 0 rings (SSSR count). The molecule has 0 aliphatic heterocycles. The molecule has 0 saturated heterocycles. The Labute approximate surface area is 158 Å². The Kier molecular flexibility index (Phi) is 19.4. The van der Waals surface area contributed by atoms with Crippen LogP contribution in [0.3, 0.4) is 0 Å². The number of hydrogen-bond acceptors (Lipinski definition) is 2.